The predicted molar refractivity (Wildman–Crippen MR) is 111 cm³/mol. The van der Waals surface area contributed by atoms with E-state index >= 15 is 0 Å². The first-order valence-corrected chi connectivity index (χ1v) is 11.0. The second kappa shape index (κ2) is 9.11. The monoisotopic (exact) mass is 437 g/mol. The first-order valence-electron chi connectivity index (χ1n) is 9.55. The van der Waals surface area contributed by atoms with Crippen LogP contribution in [0, 0.1) is 0 Å². The van der Waals surface area contributed by atoms with Gasteiger partial charge < -0.3 is 10.1 Å². The molecule has 2 aromatic rings. The number of unbranched alkanes of at least 4 members (excludes halogenated alkanes) is 1. The Kier molecular flexibility index (Phi) is 6.77. The summed E-state index contributed by atoms with van der Waals surface area (Å²) in [6.45, 7) is 1.67. The summed E-state index contributed by atoms with van der Waals surface area (Å²) in [5, 5.41) is 3.35. The number of ether oxygens (including phenoxy) is 1. The SMILES string of the molecule is Cl.O=C1c2ccccc2S(=O)(=O)N1CCCCNCC1CCc2cccnc2O1. The van der Waals surface area contributed by atoms with Crippen molar-refractivity contribution in [3.63, 3.8) is 0 Å². The van der Waals surface area contributed by atoms with E-state index in [9.17, 15) is 13.2 Å². The number of carbonyl (C=O) groups is 1. The van der Waals surface area contributed by atoms with Crippen molar-refractivity contribution < 1.29 is 17.9 Å². The van der Waals surface area contributed by atoms with Gasteiger partial charge in [0.05, 0.1) is 5.56 Å². The average Bonchev–Trinajstić information content (AvgIpc) is 2.91. The van der Waals surface area contributed by atoms with Crippen molar-refractivity contribution in [2.24, 2.45) is 0 Å². The number of carbonyl (C=O) groups excluding carboxylic acids is 1. The molecular formula is C20H24ClN3O4S. The molecule has 29 heavy (non-hydrogen) atoms. The number of benzene rings is 1. The molecule has 1 amide bonds. The van der Waals surface area contributed by atoms with E-state index in [-0.39, 0.29) is 35.5 Å². The lowest BCUT2D eigenvalue weighted by Gasteiger charge is -2.25. The second-order valence-corrected chi connectivity index (χ2v) is 8.87. The van der Waals surface area contributed by atoms with Gasteiger partial charge in [0.15, 0.2) is 0 Å². The van der Waals surface area contributed by atoms with E-state index in [1.54, 1.807) is 24.4 Å². The fraction of sp³-hybridized carbons (Fsp3) is 0.400. The van der Waals surface area contributed by atoms with Crippen LogP contribution in [0.2, 0.25) is 0 Å². The maximum atomic E-state index is 12.5. The molecule has 1 atom stereocenters. The molecule has 0 bridgehead atoms. The maximum Gasteiger partial charge on any atom is 0.269 e. The highest BCUT2D eigenvalue weighted by Gasteiger charge is 2.40. The number of nitrogens with one attached hydrogen (secondary N) is 1. The molecule has 0 saturated heterocycles. The summed E-state index contributed by atoms with van der Waals surface area (Å²) in [5.74, 6) is 0.295. The zero-order chi connectivity index (χ0) is 19.6. The van der Waals surface area contributed by atoms with Crippen molar-refractivity contribution in [2.45, 2.75) is 36.7 Å². The average molecular weight is 438 g/mol. The fourth-order valence-electron chi connectivity index (χ4n) is 3.62. The van der Waals surface area contributed by atoms with Gasteiger partial charge in [-0.1, -0.05) is 18.2 Å². The highest BCUT2D eigenvalue weighted by Crippen LogP contribution is 2.30. The van der Waals surface area contributed by atoms with Crippen molar-refractivity contribution >= 4 is 28.3 Å². The van der Waals surface area contributed by atoms with E-state index in [0.717, 1.165) is 48.1 Å². The van der Waals surface area contributed by atoms with Crippen molar-refractivity contribution in [1.29, 1.82) is 0 Å². The van der Waals surface area contributed by atoms with Crippen LogP contribution >= 0.6 is 12.4 Å². The summed E-state index contributed by atoms with van der Waals surface area (Å²) in [6.07, 6.45) is 5.13. The molecule has 0 spiro atoms. The standard InChI is InChI=1S/C20H23N3O4S.ClH/c24-20-17-7-1-2-8-18(17)28(25,26)23(20)13-4-3-11-21-14-16-10-9-15-6-5-12-22-19(15)27-16;/h1-2,5-8,12,16,21H,3-4,9-11,13-14H2;1H. The number of hydrogen-bond donors (Lipinski definition) is 1. The highest BCUT2D eigenvalue weighted by atomic mass is 35.5. The number of hydrogen-bond acceptors (Lipinski definition) is 6. The minimum atomic E-state index is -3.70. The lowest BCUT2D eigenvalue weighted by Crippen LogP contribution is -2.35. The molecule has 4 rings (SSSR count). The number of pyridine rings is 1. The summed E-state index contributed by atoms with van der Waals surface area (Å²) in [6, 6.07) is 10.3. The Morgan fingerprint density at radius 2 is 2.00 bits per heavy atom. The third-order valence-corrected chi connectivity index (χ3v) is 6.95. The molecule has 0 saturated carbocycles. The van der Waals surface area contributed by atoms with Crippen LogP contribution in [0.5, 0.6) is 5.88 Å². The molecule has 7 nitrogen and oxygen atoms in total. The Labute approximate surface area is 176 Å². The third-order valence-electron chi connectivity index (χ3n) is 5.11. The minimum Gasteiger partial charge on any atom is -0.473 e. The molecule has 2 aliphatic rings. The topological polar surface area (TPSA) is 88.6 Å². The Bertz CT molecular complexity index is 983. The Balaban J connectivity index is 0.00000240. The van der Waals surface area contributed by atoms with Crippen LogP contribution < -0.4 is 10.1 Å². The summed E-state index contributed by atoms with van der Waals surface area (Å²) in [7, 11) is -3.70. The molecule has 1 aromatic heterocycles. The summed E-state index contributed by atoms with van der Waals surface area (Å²) in [5.41, 5.74) is 1.42. The van der Waals surface area contributed by atoms with Crippen molar-refractivity contribution in [3.8, 4) is 5.88 Å². The lowest BCUT2D eigenvalue weighted by atomic mass is 10.1. The van der Waals surface area contributed by atoms with Gasteiger partial charge in [-0.15, -0.1) is 12.4 Å². The summed E-state index contributed by atoms with van der Waals surface area (Å²) in [4.78, 5) is 16.7. The lowest BCUT2D eigenvalue weighted by molar-refractivity contribution is 0.0869. The molecule has 3 heterocycles. The number of halogens is 1. The van der Waals surface area contributed by atoms with Gasteiger partial charge >= 0.3 is 0 Å². The van der Waals surface area contributed by atoms with Gasteiger partial charge in [-0.05, 0) is 50.4 Å². The van der Waals surface area contributed by atoms with E-state index in [2.05, 4.69) is 10.3 Å². The van der Waals surface area contributed by atoms with E-state index in [0.29, 0.717) is 6.42 Å². The largest absolute Gasteiger partial charge is 0.473 e. The van der Waals surface area contributed by atoms with Crippen LogP contribution in [0.15, 0.2) is 47.5 Å². The molecule has 0 aliphatic carbocycles. The summed E-state index contributed by atoms with van der Waals surface area (Å²) < 4.78 is 31.9. The Morgan fingerprint density at radius 1 is 1.17 bits per heavy atom. The van der Waals surface area contributed by atoms with Gasteiger partial charge in [0, 0.05) is 24.8 Å². The van der Waals surface area contributed by atoms with Crippen LogP contribution in [0.3, 0.4) is 0 Å². The third kappa shape index (κ3) is 4.39. The smallest absolute Gasteiger partial charge is 0.269 e. The zero-order valence-corrected chi connectivity index (χ0v) is 17.5. The first-order chi connectivity index (χ1) is 13.6. The molecular weight excluding hydrogens is 414 g/mol. The molecule has 2 aliphatic heterocycles. The molecule has 0 fully saturated rings. The van der Waals surface area contributed by atoms with Crippen LogP contribution in [-0.2, 0) is 16.4 Å². The van der Waals surface area contributed by atoms with Gasteiger partial charge in [-0.3, -0.25) is 4.79 Å². The van der Waals surface area contributed by atoms with Crippen molar-refractivity contribution in [3.05, 3.63) is 53.7 Å². The molecule has 1 unspecified atom stereocenters. The number of aryl methyl sites for hydroxylation is 1. The zero-order valence-electron chi connectivity index (χ0n) is 15.9. The summed E-state index contributed by atoms with van der Waals surface area (Å²) >= 11 is 0. The van der Waals surface area contributed by atoms with Gasteiger partial charge in [0.25, 0.3) is 15.9 Å². The van der Waals surface area contributed by atoms with E-state index < -0.39 is 15.9 Å². The predicted octanol–water partition coefficient (Wildman–Crippen LogP) is 2.41. The van der Waals surface area contributed by atoms with Crippen LogP contribution in [0.25, 0.3) is 0 Å². The number of amides is 1. The number of rotatable bonds is 7. The van der Waals surface area contributed by atoms with Crippen molar-refractivity contribution in [1.82, 2.24) is 14.6 Å². The van der Waals surface area contributed by atoms with Gasteiger partial charge in [-0.2, -0.15) is 0 Å². The molecule has 1 aromatic carbocycles. The van der Waals surface area contributed by atoms with Crippen LogP contribution in [0.1, 0.15) is 35.2 Å². The van der Waals surface area contributed by atoms with Crippen LogP contribution in [-0.4, -0.2) is 49.4 Å². The minimum absolute atomic E-state index is 0. The van der Waals surface area contributed by atoms with Crippen molar-refractivity contribution in [2.75, 3.05) is 19.6 Å². The maximum absolute atomic E-state index is 12.5. The highest BCUT2D eigenvalue weighted by molar-refractivity contribution is 7.90. The van der Waals surface area contributed by atoms with Gasteiger partial charge in [0.2, 0.25) is 5.88 Å². The Morgan fingerprint density at radius 3 is 2.83 bits per heavy atom. The van der Waals surface area contributed by atoms with E-state index in [1.165, 1.54) is 6.07 Å². The molecule has 0 radical (unpaired) electrons. The van der Waals surface area contributed by atoms with E-state index in [4.69, 9.17) is 4.74 Å². The first kappa shape index (κ1) is 21.5. The quantitative estimate of drug-likeness (QED) is 0.669. The van der Waals surface area contributed by atoms with Crippen LogP contribution in [0.4, 0.5) is 0 Å². The van der Waals surface area contributed by atoms with E-state index in [1.807, 2.05) is 12.1 Å². The molecule has 1 N–H and O–H groups in total. The number of fused-ring (bicyclic) bond motifs is 2. The number of aromatic nitrogens is 1. The molecule has 156 valence electrons. The van der Waals surface area contributed by atoms with Gasteiger partial charge in [0.1, 0.15) is 11.0 Å². The Hall–Kier alpha value is -2.16. The number of nitrogens with zero attached hydrogens (tertiary/aromatic N) is 2. The van der Waals surface area contributed by atoms with Gasteiger partial charge in [-0.25, -0.2) is 17.7 Å². The second-order valence-electron chi connectivity index (χ2n) is 7.04. The fourth-order valence-corrected chi connectivity index (χ4v) is 5.23. The number of sulfonamides is 1. The molecule has 9 heteroatoms. The normalized spacial score (nSPS) is 19.1.